The predicted molar refractivity (Wildman–Crippen MR) is 104 cm³/mol. The van der Waals surface area contributed by atoms with Crippen molar-refractivity contribution in [3.8, 4) is 0 Å². The molecule has 3 N–H and O–H groups in total. The SMILES string of the molecule is Cc1cnccc1CN(C)Cc1cc(C(C)C)n[nH]1.O=C(O)C(F)(F)F.O=C(O)C(F)(F)F. The van der Waals surface area contributed by atoms with Gasteiger partial charge in [-0.25, -0.2) is 9.59 Å². The van der Waals surface area contributed by atoms with E-state index in [1.807, 2.05) is 12.4 Å². The number of aromatic nitrogens is 3. The molecule has 0 radical (unpaired) electrons. The molecule has 2 aromatic heterocycles. The van der Waals surface area contributed by atoms with Crippen LogP contribution in [-0.2, 0) is 22.7 Å². The Kier molecular flexibility index (Phi) is 11.5. The van der Waals surface area contributed by atoms with Crippen LogP contribution in [0.15, 0.2) is 24.5 Å². The topological polar surface area (TPSA) is 119 Å². The Morgan fingerprint density at radius 1 is 1.06 bits per heavy atom. The Morgan fingerprint density at radius 2 is 1.55 bits per heavy atom. The van der Waals surface area contributed by atoms with Gasteiger partial charge in [0, 0.05) is 31.2 Å². The van der Waals surface area contributed by atoms with Gasteiger partial charge in [0.05, 0.1) is 5.69 Å². The van der Waals surface area contributed by atoms with E-state index in [-0.39, 0.29) is 0 Å². The first-order chi connectivity index (χ1) is 14.9. The van der Waals surface area contributed by atoms with Crippen molar-refractivity contribution >= 4 is 11.9 Å². The van der Waals surface area contributed by atoms with Crippen LogP contribution >= 0.6 is 0 Å². The molecule has 0 spiro atoms. The van der Waals surface area contributed by atoms with Crippen molar-refractivity contribution in [2.24, 2.45) is 0 Å². The Bertz CT molecular complexity index is 873. The molecule has 186 valence electrons. The highest BCUT2D eigenvalue weighted by Crippen LogP contribution is 2.15. The molecule has 2 rings (SSSR count). The summed E-state index contributed by atoms with van der Waals surface area (Å²) < 4.78 is 63.5. The van der Waals surface area contributed by atoms with Gasteiger partial charge in [0.1, 0.15) is 0 Å². The molecule has 0 aliphatic carbocycles. The molecular formula is C19H24F6N4O4. The van der Waals surface area contributed by atoms with E-state index in [1.165, 1.54) is 11.1 Å². The van der Waals surface area contributed by atoms with Crippen LogP contribution in [0, 0.1) is 6.92 Å². The molecule has 33 heavy (non-hydrogen) atoms. The first kappa shape index (κ1) is 29.8. The number of carbonyl (C=O) groups is 2. The van der Waals surface area contributed by atoms with Gasteiger partial charge in [-0.05, 0) is 43.1 Å². The summed E-state index contributed by atoms with van der Waals surface area (Å²) in [7, 11) is 2.12. The van der Waals surface area contributed by atoms with Crippen molar-refractivity contribution in [2.45, 2.75) is 52.1 Å². The highest BCUT2D eigenvalue weighted by Gasteiger charge is 2.38. The number of hydrogen-bond acceptors (Lipinski definition) is 5. The van der Waals surface area contributed by atoms with Gasteiger partial charge in [-0.3, -0.25) is 15.0 Å². The maximum atomic E-state index is 10.6. The third kappa shape index (κ3) is 12.5. The fourth-order valence-electron chi connectivity index (χ4n) is 2.07. The first-order valence-corrected chi connectivity index (χ1v) is 9.17. The van der Waals surface area contributed by atoms with Crippen molar-refractivity contribution in [3.63, 3.8) is 0 Å². The van der Waals surface area contributed by atoms with E-state index in [1.54, 1.807) is 0 Å². The number of nitrogens with zero attached hydrogens (tertiary/aromatic N) is 3. The van der Waals surface area contributed by atoms with E-state index >= 15 is 0 Å². The minimum Gasteiger partial charge on any atom is -0.475 e. The molecule has 0 aromatic carbocycles. The van der Waals surface area contributed by atoms with Crippen LogP contribution in [0.4, 0.5) is 26.3 Å². The van der Waals surface area contributed by atoms with Crippen molar-refractivity contribution in [2.75, 3.05) is 7.05 Å². The van der Waals surface area contributed by atoms with Crippen LogP contribution in [0.25, 0.3) is 0 Å². The number of aromatic amines is 1. The first-order valence-electron chi connectivity index (χ1n) is 9.17. The second-order valence-corrected chi connectivity index (χ2v) is 7.05. The molecule has 0 amide bonds. The van der Waals surface area contributed by atoms with Crippen molar-refractivity contribution in [3.05, 3.63) is 47.0 Å². The number of halogens is 6. The lowest BCUT2D eigenvalue weighted by atomic mass is 10.1. The summed E-state index contributed by atoms with van der Waals surface area (Å²) in [5.41, 5.74) is 4.85. The van der Waals surface area contributed by atoms with Crippen molar-refractivity contribution in [1.29, 1.82) is 0 Å². The average Bonchev–Trinajstić information content (AvgIpc) is 3.12. The second kappa shape index (κ2) is 12.8. The monoisotopic (exact) mass is 486 g/mol. The lowest BCUT2D eigenvalue weighted by Gasteiger charge is -2.16. The largest absolute Gasteiger partial charge is 0.490 e. The number of aliphatic carboxylic acids is 2. The minimum atomic E-state index is -5.08. The molecule has 2 heterocycles. The smallest absolute Gasteiger partial charge is 0.475 e. The summed E-state index contributed by atoms with van der Waals surface area (Å²) in [5, 5.41) is 21.7. The van der Waals surface area contributed by atoms with Gasteiger partial charge < -0.3 is 10.2 Å². The maximum absolute atomic E-state index is 10.6. The molecular weight excluding hydrogens is 462 g/mol. The summed E-state index contributed by atoms with van der Waals surface area (Å²) in [5.74, 6) is -5.04. The van der Waals surface area contributed by atoms with Crippen LogP contribution in [0.5, 0.6) is 0 Å². The van der Waals surface area contributed by atoms with Crippen molar-refractivity contribution < 1.29 is 46.1 Å². The molecule has 0 unspecified atom stereocenters. The van der Waals surface area contributed by atoms with Crippen LogP contribution in [0.2, 0.25) is 0 Å². The van der Waals surface area contributed by atoms with Crippen LogP contribution in [-0.4, -0.2) is 61.6 Å². The molecule has 14 heteroatoms. The van der Waals surface area contributed by atoms with Gasteiger partial charge in [0.2, 0.25) is 0 Å². The molecule has 0 bridgehead atoms. The van der Waals surface area contributed by atoms with E-state index in [0.717, 1.165) is 24.5 Å². The summed E-state index contributed by atoms with van der Waals surface area (Å²) >= 11 is 0. The Balaban J connectivity index is 0.000000605. The zero-order chi connectivity index (χ0) is 26.0. The fraction of sp³-hybridized carbons (Fsp3) is 0.474. The number of nitrogens with one attached hydrogen (secondary N) is 1. The quantitative estimate of drug-likeness (QED) is 0.544. The minimum absolute atomic E-state index is 0.470. The highest BCUT2D eigenvalue weighted by atomic mass is 19.4. The number of alkyl halides is 6. The molecule has 0 saturated heterocycles. The number of rotatable bonds is 5. The lowest BCUT2D eigenvalue weighted by Crippen LogP contribution is -2.21. The van der Waals surface area contributed by atoms with Crippen LogP contribution in [0.1, 0.15) is 42.3 Å². The fourth-order valence-corrected chi connectivity index (χ4v) is 2.07. The molecule has 0 saturated carbocycles. The zero-order valence-electron chi connectivity index (χ0n) is 18.1. The van der Waals surface area contributed by atoms with Gasteiger partial charge >= 0.3 is 24.3 Å². The van der Waals surface area contributed by atoms with Gasteiger partial charge in [-0.1, -0.05) is 13.8 Å². The summed E-state index contributed by atoms with van der Waals surface area (Å²) in [6.45, 7) is 8.21. The number of carboxylic acids is 2. The molecule has 0 aliphatic heterocycles. The number of aryl methyl sites for hydroxylation is 1. The zero-order valence-corrected chi connectivity index (χ0v) is 18.1. The maximum Gasteiger partial charge on any atom is 0.490 e. The van der Waals surface area contributed by atoms with E-state index in [0.29, 0.717) is 5.92 Å². The van der Waals surface area contributed by atoms with E-state index in [9.17, 15) is 26.3 Å². The Morgan fingerprint density at radius 3 is 1.91 bits per heavy atom. The Labute approximate surface area is 185 Å². The molecule has 8 nitrogen and oxygen atoms in total. The standard InChI is InChI=1S/C15H22N4.2C2HF3O2/c1-11(2)15-7-14(17-18-15)10-19(4)9-13-5-6-16-8-12(13)3;2*3-2(4,5)1(6)7/h5-8,11H,9-10H2,1-4H3,(H,17,18);2*(H,6,7). The average molecular weight is 486 g/mol. The summed E-state index contributed by atoms with van der Waals surface area (Å²) in [4.78, 5) is 24.2. The summed E-state index contributed by atoms with van der Waals surface area (Å²) in [6.07, 6.45) is -6.40. The van der Waals surface area contributed by atoms with Crippen LogP contribution in [0.3, 0.4) is 0 Å². The van der Waals surface area contributed by atoms with Crippen molar-refractivity contribution in [1.82, 2.24) is 20.1 Å². The van der Waals surface area contributed by atoms with Gasteiger partial charge in [-0.2, -0.15) is 31.4 Å². The second-order valence-electron chi connectivity index (χ2n) is 7.05. The molecule has 0 aliphatic rings. The number of hydrogen-bond donors (Lipinski definition) is 3. The van der Waals surface area contributed by atoms with Gasteiger partial charge in [0.25, 0.3) is 0 Å². The molecule has 2 aromatic rings. The highest BCUT2D eigenvalue weighted by molar-refractivity contribution is 5.73. The van der Waals surface area contributed by atoms with E-state index in [4.69, 9.17) is 19.8 Å². The number of carboxylic acid groups (broad SMARTS) is 2. The number of pyridine rings is 1. The predicted octanol–water partition coefficient (Wildman–Crippen LogP) is 4.14. The Hall–Kier alpha value is -3.16. The van der Waals surface area contributed by atoms with Crippen LogP contribution < -0.4 is 0 Å². The van der Waals surface area contributed by atoms with Gasteiger partial charge in [-0.15, -0.1) is 0 Å². The van der Waals surface area contributed by atoms with E-state index in [2.05, 4.69) is 60.0 Å². The van der Waals surface area contributed by atoms with E-state index < -0.39 is 24.3 Å². The summed E-state index contributed by atoms with van der Waals surface area (Å²) in [6, 6.07) is 4.24. The lowest BCUT2D eigenvalue weighted by molar-refractivity contribution is -0.193. The normalized spacial score (nSPS) is 11.4. The third-order valence-corrected chi connectivity index (χ3v) is 3.74. The molecule has 0 fully saturated rings. The van der Waals surface area contributed by atoms with Gasteiger partial charge in [0.15, 0.2) is 0 Å². The number of H-pyrrole nitrogens is 1. The third-order valence-electron chi connectivity index (χ3n) is 3.74. The molecule has 0 atom stereocenters.